The summed E-state index contributed by atoms with van der Waals surface area (Å²) in [5.41, 5.74) is 2.10. The number of methoxy groups -OCH3 is 1. The number of nitrogens with zero attached hydrogens (tertiary/aromatic N) is 2. The second kappa shape index (κ2) is 6.71. The molecule has 0 bridgehead atoms. The Hall–Kier alpha value is -1.89. The van der Waals surface area contributed by atoms with Gasteiger partial charge in [-0.2, -0.15) is 5.10 Å². The molecule has 116 valence electrons. The number of amides is 2. The maximum absolute atomic E-state index is 12.3. The normalized spacial score (nSPS) is 16.0. The molecule has 0 saturated carbocycles. The number of carbonyl (C=O) groups excluding carboxylic acids is 2. The summed E-state index contributed by atoms with van der Waals surface area (Å²) >= 11 is 0. The van der Waals surface area contributed by atoms with Crippen molar-refractivity contribution in [3.05, 3.63) is 17.0 Å². The first kappa shape index (κ1) is 15.5. The van der Waals surface area contributed by atoms with Gasteiger partial charge < -0.3 is 15.0 Å². The van der Waals surface area contributed by atoms with Crippen molar-refractivity contribution in [1.29, 1.82) is 0 Å². The third kappa shape index (κ3) is 3.60. The SMILES string of the molecule is COCC(=O)N1CCC(NC(=O)c2c(C)n[nH]c2C)CC1. The number of hydrogen-bond donors (Lipinski definition) is 2. The predicted molar refractivity (Wildman–Crippen MR) is 77.0 cm³/mol. The van der Waals surface area contributed by atoms with Crippen LogP contribution >= 0.6 is 0 Å². The lowest BCUT2D eigenvalue weighted by molar-refractivity contribution is -0.136. The number of rotatable bonds is 4. The van der Waals surface area contributed by atoms with Crippen LogP contribution in [0, 0.1) is 13.8 Å². The fourth-order valence-corrected chi connectivity index (χ4v) is 2.63. The largest absolute Gasteiger partial charge is 0.375 e. The smallest absolute Gasteiger partial charge is 0.255 e. The summed E-state index contributed by atoms with van der Waals surface area (Å²) in [4.78, 5) is 25.7. The Morgan fingerprint density at radius 1 is 1.38 bits per heavy atom. The van der Waals surface area contributed by atoms with Crippen molar-refractivity contribution in [1.82, 2.24) is 20.4 Å². The van der Waals surface area contributed by atoms with E-state index in [4.69, 9.17) is 4.74 Å². The maximum Gasteiger partial charge on any atom is 0.255 e. The zero-order valence-electron chi connectivity index (χ0n) is 12.7. The molecule has 2 heterocycles. The summed E-state index contributed by atoms with van der Waals surface area (Å²) in [6.07, 6.45) is 1.52. The number of likely N-dealkylation sites (tertiary alicyclic amines) is 1. The van der Waals surface area contributed by atoms with E-state index in [9.17, 15) is 9.59 Å². The van der Waals surface area contributed by atoms with Gasteiger partial charge in [-0.15, -0.1) is 0 Å². The van der Waals surface area contributed by atoms with E-state index in [2.05, 4.69) is 15.5 Å². The summed E-state index contributed by atoms with van der Waals surface area (Å²) in [6, 6.07) is 0.0952. The van der Waals surface area contributed by atoms with Gasteiger partial charge in [0.2, 0.25) is 5.91 Å². The van der Waals surface area contributed by atoms with E-state index < -0.39 is 0 Å². The van der Waals surface area contributed by atoms with Gasteiger partial charge >= 0.3 is 0 Å². The van der Waals surface area contributed by atoms with Gasteiger partial charge in [-0.1, -0.05) is 0 Å². The number of H-pyrrole nitrogens is 1. The average molecular weight is 294 g/mol. The molecule has 0 spiro atoms. The van der Waals surface area contributed by atoms with Crippen LogP contribution in [0.25, 0.3) is 0 Å². The minimum absolute atomic E-state index is 0.00352. The number of nitrogens with one attached hydrogen (secondary N) is 2. The van der Waals surface area contributed by atoms with Crippen molar-refractivity contribution in [3.8, 4) is 0 Å². The molecule has 1 aromatic rings. The van der Waals surface area contributed by atoms with E-state index in [1.54, 1.807) is 4.90 Å². The maximum atomic E-state index is 12.3. The first-order chi connectivity index (χ1) is 10.0. The number of aromatic nitrogens is 2. The molecule has 0 radical (unpaired) electrons. The molecule has 1 aromatic heterocycles. The van der Waals surface area contributed by atoms with Crippen LogP contribution in [-0.2, 0) is 9.53 Å². The number of carbonyl (C=O) groups is 2. The van der Waals surface area contributed by atoms with Crippen LogP contribution in [0.5, 0.6) is 0 Å². The van der Waals surface area contributed by atoms with E-state index in [1.807, 2.05) is 13.8 Å². The molecule has 7 nitrogen and oxygen atoms in total. The number of ether oxygens (including phenoxy) is 1. The molecule has 1 fully saturated rings. The summed E-state index contributed by atoms with van der Waals surface area (Å²) in [5, 5.41) is 9.87. The molecule has 1 aliphatic rings. The van der Waals surface area contributed by atoms with Gasteiger partial charge in [-0.3, -0.25) is 14.7 Å². The first-order valence-electron chi connectivity index (χ1n) is 7.12. The Kier molecular flexibility index (Phi) is 4.95. The number of piperidine rings is 1. The standard InChI is InChI=1S/C14H22N4O3/c1-9-13(10(2)17-16-9)14(20)15-11-4-6-18(7-5-11)12(19)8-21-3/h11H,4-8H2,1-3H3,(H,15,20)(H,16,17). The highest BCUT2D eigenvalue weighted by Crippen LogP contribution is 2.14. The Bertz CT molecular complexity index is 499. The van der Waals surface area contributed by atoms with Crippen LogP contribution in [0.15, 0.2) is 0 Å². The van der Waals surface area contributed by atoms with Crippen LogP contribution < -0.4 is 5.32 Å². The van der Waals surface area contributed by atoms with Gasteiger partial charge in [0.1, 0.15) is 6.61 Å². The van der Waals surface area contributed by atoms with Crippen LogP contribution in [-0.4, -0.2) is 59.8 Å². The van der Waals surface area contributed by atoms with Crippen molar-refractivity contribution in [3.63, 3.8) is 0 Å². The topological polar surface area (TPSA) is 87.3 Å². The first-order valence-corrected chi connectivity index (χ1v) is 7.12. The summed E-state index contributed by atoms with van der Waals surface area (Å²) in [5.74, 6) is -0.0933. The van der Waals surface area contributed by atoms with Gasteiger partial charge in [-0.25, -0.2) is 0 Å². The monoisotopic (exact) mass is 294 g/mol. The molecular formula is C14H22N4O3. The van der Waals surface area contributed by atoms with Crippen molar-refractivity contribution < 1.29 is 14.3 Å². The summed E-state index contributed by atoms with van der Waals surface area (Å²) in [7, 11) is 1.51. The van der Waals surface area contributed by atoms with Crippen molar-refractivity contribution in [2.75, 3.05) is 26.8 Å². The van der Waals surface area contributed by atoms with Crippen LogP contribution in [0.1, 0.15) is 34.6 Å². The Morgan fingerprint density at radius 3 is 2.57 bits per heavy atom. The van der Waals surface area contributed by atoms with Gasteiger partial charge in [0.05, 0.1) is 11.3 Å². The zero-order chi connectivity index (χ0) is 15.4. The molecule has 1 saturated heterocycles. The molecule has 21 heavy (non-hydrogen) atoms. The van der Waals surface area contributed by atoms with Gasteiger partial charge in [0, 0.05) is 31.9 Å². The van der Waals surface area contributed by atoms with Gasteiger partial charge in [0.25, 0.3) is 5.91 Å². The lowest BCUT2D eigenvalue weighted by Gasteiger charge is -2.32. The molecular weight excluding hydrogens is 272 g/mol. The van der Waals surface area contributed by atoms with E-state index in [-0.39, 0.29) is 24.5 Å². The molecule has 2 N–H and O–H groups in total. The minimum atomic E-state index is -0.0968. The molecule has 2 amide bonds. The van der Waals surface area contributed by atoms with Crippen molar-refractivity contribution in [2.45, 2.75) is 32.7 Å². The molecule has 1 aliphatic heterocycles. The molecule has 7 heteroatoms. The highest BCUT2D eigenvalue weighted by atomic mass is 16.5. The van der Waals surface area contributed by atoms with Crippen LogP contribution in [0.4, 0.5) is 0 Å². The quantitative estimate of drug-likeness (QED) is 0.841. The van der Waals surface area contributed by atoms with E-state index >= 15 is 0 Å². The molecule has 0 aliphatic carbocycles. The molecule has 0 aromatic carbocycles. The molecule has 0 atom stereocenters. The average Bonchev–Trinajstić information content (AvgIpc) is 2.79. The lowest BCUT2D eigenvalue weighted by Crippen LogP contribution is -2.47. The molecule has 2 rings (SSSR count). The third-order valence-corrected chi connectivity index (χ3v) is 3.81. The Labute approximate surface area is 124 Å². The number of aromatic amines is 1. The number of aryl methyl sites for hydroxylation is 2. The predicted octanol–water partition coefficient (Wildman–Crippen LogP) is 0.394. The minimum Gasteiger partial charge on any atom is -0.375 e. The highest BCUT2D eigenvalue weighted by Gasteiger charge is 2.25. The summed E-state index contributed by atoms with van der Waals surface area (Å²) in [6.45, 7) is 5.06. The van der Waals surface area contributed by atoms with Crippen LogP contribution in [0.2, 0.25) is 0 Å². The number of hydrogen-bond acceptors (Lipinski definition) is 4. The van der Waals surface area contributed by atoms with Gasteiger partial charge in [-0.05, 0) is 26.7 Å². The zero-order valence-corrected chi connectivity index (χ0v) is 12.7. The second-order valence-corrected chi connectivity index (χ2v) is 5.37. The Morgan fingerprint density at radius 2 is 2.05 bits per heavy atom. The fraction of sp³-hybridized carbons (Fsp3) is 0.643. The van der Waals surface area contributed by atoms with E-state index in [0.29, 0.717) is 24.3 Å². The lowest BCUT2D eigenvalue weighted by atomic mass is 10.0. The highest BCUT2D eigenvalue weighted by molar-refractivity contribution is 5.96. The van der Waals surface area contributed by atoms with E-state index in [0.717, 1.165) is 18.5 Å². The van der Waals surface area contributed by atoms with Crippen molar-refractivity contribution >= 4 is 11.8 Å². The second-order valence-electron chi connectivity index (χ2n) is 5.37. The Balaban J connectivity index is 1.86. The third-order valence-electron chi connectivity index (χ3n) is 3.81. The van der Waals surface area contributed by atoms with Crippen LogP contribution in [0.3, 0.4) is 0 Å². The van der Waals surface area contributed by atoms with Gasteiger partial charge in [0.15, 0.2) is 0 Å². The fourth-order valence-electron chi connectivity index (χ4n) is 2.63. The van der Waals surface area contributed by atoms with E-state index in [1.165, 1.54) is 7.11 Å². The molecule has 0 unspecified atom stereocenters. The van der Waals surface area contributed by atoms with Crippen molar-refractivity contribution in [2.24, 2.45) is 0 Å². The summed E-state index contributed by atoms with van der Waals surface area (Å²) < 4.78 is 4.85.